The second-order valence-corrected chi connectivity index (χ2v) is 8.74. The molecule has 2 unspecified atom stereocenters. The third kappa shape index (κ3) is 6.56. The minimum absolute atomic E-state index is 0.305. The Morgan fingerprint density at radius 2 is 1.85 bits per heavy atom. The zero-order valence-electron chi connectivity index (χ0n) is 20.4. The number of hydrogen-bond acceptors (Lipinski definition) is 4. The maximum atomic E-state index is 10.7. The van der Waals surface area contributed by atoms with Crippen molar-refractivity contribution in [3.05, 3.63) is 78.4 Å². The number of nitrogens with zero attached hydrogens (tertiary/aromatic N) is 3. The van der Waals surface area contributed by atoms with Gasteiger partial charge in [0.05, 0.1) is 11.7 Å². The Bertz CT molecular complexity index is 1010. The van der Waals surface area contributed by atoms with E-state index in [1.807, 2.05) is 60.3 Å². The number of aromatic nitrogens is 2. The molecule has 0 radical (unpaired) electrons. The van der Waals surface area contributed by atoms with Gasteiger partial charge in [-0.2, -0.15) is 5.10 Å². The Hall–Kier alpha value is -2.89. The molecule has 1 N–H and O–H groups in total. The zero-order valence-corrected chi connectivity index (χ0v) is 20.4. The van der Waals surface area contributed by atoms with Crippen LogP contribution in [0, 0.1) is 6.92 Å². The molecule has 0 bridgehead atoms. The number of rotatable bonds is 12. The summed E-state index contributed by atoms with van der Waals surface area (Å²) in [5.41, 5.74) is 4.18. The minimum atomic E-state index is -0.407. The minimum Gasteiger partial charge on any atom is -0.439 e. The van der Waals surface area contributed by atoms with E-state index in [4.69, 9.17) is 9.84 Å². The highest BCUT2D eigenvalue weighted by Crippen LogP contribution is 2.34. The molecular formula is C28H37N3O2. The van der Waals surface area contributed by atoms with Crippen molar-refractivity contribution in [2.75, 3.05) is 6.54 Å². The van der Waals surface area contributed by atoms with Crippen LogP contribution in [0.2, 0.25) is 0 Å². The lowest BCUT2D eigenvalue weighted by molar-refractivity contribution is 0.0796. The number of aryl methyl sites for hydroxylation is 2. The summed E-state index contributed by atoms with van der Waals surface area (Å²) in [5.74, 6) is 1.51. The summed E-state index contributed by atoms with van der Waals surface area (Å²) >= 11 is 0. The zero-order chi connectivity index (χ0) is 23.8. The molecule has 2 atom stereocenters. The molecule has 2 aromatic carbocycles. The lowest BCUT2D eigenvalue weighted by Gasteiger charge is -2.30. The van der Waals surface area contributed by atoms with Gasteiger partial charge in [0.2, 0.25) is 5.88 Å². The molecule has 1 heterocycles. The second kappa shape index (κ2) is 11.8. The number of aliphatic hydroxyl groups excluding tert-OH is 1. The maximum absolute atomic E-state index is 10.7. The van der Waals surface area contributed by atoms with Crippen LogP contribution in [0.15, 0.2) is 67.3 Å². The molecule has 33 heavy (non-hydrogen) atoms. The van der Waals surface area contributed by atoms with E-state index in [-0.39, 0.29) is 0 Å². The van der Waals surface area contributed by atoms with Crippen molar-refractivity contribution >= 4 is 0 Å². The average molecular weight is 448 g/mol. The molecule has 3 rings (SSSR count). The number of benzene rings is 2. The van der Waals surface area contributed by atoms with Crippen molar-refractivity contribution in [1.29, 1.82) is 0 Å². The molecule has 5 nitrogen and oxygen atoms in total. The third-order valence-corrected chi connectivity index (χ3v) is 6.10. The van der Waals surface area contributed by atoms with Gasteiger partial charge in [0, 0.05) is 31.7 Å². The van der Waals surface area contributed by atoms with E-state index in [9.17, 15) is 5.11 Å². The van der Waals surface area contributed by atoms with Crippen molar-refractivity contribution < 1.29 is 9.84 Å². The molecule has 0 fully saturated rings. The number of allylic oxidation sites excluding steroid dienone is 1. The van der Waals surface area contributed by atoms with E-state index in [1.54, 1.807) is 0 Å². The summed E-state index contributed by atoms with van der Waals surface area (Å²) in [4.78, 5) is 2.33. The van der Waals surface area contributed by atoms with Crippen LogP contribution in [0.1, 0.15) is 44.2 Å². The number of ether oxygens (including phenoxy) is 1. The van der Waals surface area contributed by atoms with Gasteiger partial charge in [-0.3, -0.25) is 4.90 Å². The van der Waals surface area contributed by atoms with E-state index in [1.165, 1.54) is 5.56 Å². The lowest BCUT2D eigenvalue weighted by Crippen LogP contribution is -2.38. The van der Waals surface area contributed by atoms with Gasteiger partial charge in [0.25, 0.3) is 0 Å². The highest BCUT2D eigenvalue weighted by atomic mass is 16.5. The number of aliphatic hydroxyl groups is 1. The molecule has 0 amide bonds. The fourth-order valence-corrected chi connectivity index (χ4v) is 3.90. The molecule has 0 saturated carbocycles. The predicted molar refractivity (Wildman–Crippen MR) is 135 cm³/mol. The van der Waals surface area contributed by atoms with Gasteiger partial charge in [-0.15, -0.1) is 6.58 Å². The van der Waals surface area contributed by atoms with Gasteiger partial charge in [0.15, 0.2) is 0 Å². The van der Waals surface area contributed by atoms with Crippen LogP contribution >= 0.6 is 0 Å². The van der Waals surface area contributed by atoms with Gasteiger partial charge < -0.3 is 9.84 Å². The Labute approximate surface area is 198 Å². The highest BCUT2D eigenvalue weighted by molar-refractivity contribution is 5.65. The van der Waals surface area contributed by atoms with E-state index >= 15 is 0 Å². The van der Waals surface area contributed by atoms with Gasteiger partial charge in [-0.25, -0.2) is 4.68 Å². The summed E-state index contributed by atoms with van der Waals surface area (Å²) in [5, 5.41) is 15.5. The molecule has 0 saturated heterocycles. The summed E-state index contributed by atoms with van der Waals surface area (Å²) in [6.45, 7) is 11.5. The molecule has 0 aliphatic heterocycles. The Balaban J connectivity index is 1.99. The number of hydrogen-bond donors (Lipinski definition) is 1. The average Bonchev–Trinajstić information content (AvgIpc) is 3.13. The van der Waals surface area contributed by atoms with Crippen molar-refractivity contribution in [2.45, 2.75) is 58.7 Å². The first-order chi connectivity index (χ1) is 15.9. The van der Waals surface area contributed by atoms with Crippen LogP contribution in [0.25, 0.3) is 11.3 Å². The van der Waals surface area contributed by atoms with Gasteiger partial charge in [-0.1, -0.05) is 61.0 Å². The van der Waals surface area contributed by atoms with E-state index < -0.39 is 6.10 Å². The first-order valence-electron chi connectivity index (χ1n) is 11.8. The SMILES string of the molecule is C=CCCC(O)CN(Cc1c(-c2ccccc2)nn(C)c1Oc1ccc(C)cc1)C(C)CC. The standard InChI is InChI=1S/C28H37N3O2/c1-6-8-14-24(32)19-31(22(4)7-2)20-26-27(23-12-10-9-11-13-23)29-30(5)28(26)33-25-17-15-21(3)16-18-25/h6,9-13,15-18,22,24,32H,1,7-8,14,19-20H2,2-5H3. The second-order valence-electron chi connectivity index (χ2n) is 8.74. The fraction of sp³-hybridized carbons (Fsp3) is 0.393. The Kier molecular flexibility index (Phi) is 8.87. The molecule has 0 spiro atoms. The van der Waals surface area contributed by atoms with Crippen molar-refractivity contribution in [2.24, 2.45) is 7.05 Å². The van der Waals surface area contributed by atoms with Gasteiger partial charge in [0.1, 0.15) is 11.4 Å². The van der Waals surface area contributed by atoms with Gasteiger partial charge in [-0.05, 0) is 45.2 Å². The largest absolute Gasteiger partial charge is 0.439 e. The normalized spacial score (nSPS) is 13.2. The summed E-state index contributed by atoms with van der Waals surface area (Å²) < 4.78 is 8.20. The molecule has 176 valence electrons. The van der Waals surface area contributed by atoms with Crippen LogP contribution in [0.4, 0.5) is 0 Å². The molecule has 0 aliphatic carbocycles. The first-order valence-corrected chi connectivity index (χ1v) is 11.8. The van der Waals surface area contributed by atoms with Crippen molar-refractivity contribution in [1.82, 2.24) is 14.7 Å². The molecular weight excluding hydrogens is 410 g/mol. The molecule has 3 aromatic rings. The van der Waals surface area contributed by atoms with E-state index in [2.05, 4.69) is 44.4 Å². The molecule has 0 aliphatic rings. The van der Waals surface area contributed by atoms with Crippen LogP contribution in [0.5, 0.6) is 11.6 Å². The predicted octanol–water partition coefficient (Wildman–Crippen LogP) is 6.12. The van der Waals surface area contributed by atoms with Gasteiger partial charge >= 0.3 is 0 Å². The molecule has 5 heteroatoms. The fourth-order valence-electron chi connectivity index (χ4n) is 3.90. The maximum Gasteiger partial charge on any atom is 0.222 e. The van der Waals surface area contributed by atoms with E-state index in [0.717, 1.165) is 41.3 Å². The quantitative estimate of drug-likeness (QED) is 0.340. The lowest BCUT2D eigenvalue weighted by atomic mass is 10.1. The summed E-state index contributed by atoms with van der Waals surface area (Å²) in [6.07, 6.45) is 3.96. The third-order valence-electron chi connectivity index (χ3n) is 6.10. The molecule has 1 aromatic heterocycles. The summed E-state index contributed by atoms with van der Waals surface area (Å²) in [7, 11) is 1.92. The van der Waals surface area contributed by atoms with Crippen LogP contribution in [0.3, 0.4) is 0 Å². The summed E-state index contributed by atoms with van der Waals surface area (Å²) in [6, 6.07) is 18.6. The van der Waals surface area contributed by atoms with Crippen LogP contribution in [-0.4, -0.2) is 38.5 Å². The topological polar surface area (TPSA) is 50.5 Å². The monoisotopic (exact) mass is 447 g/mol. The Morgan fingerprint density at radius 3 is 2.48 bits per heavy atom. The van der Waals surface area contributed by atoms with Crippen LogP contribution < -0.4 is 4.74 Å². The van der Waals surface area contributed by atoms with Crippen LogP contribution in [-0.2, 0) is 13.6 Å². The first kappa shape index (κ1) is 24.7. The van der Waals surface area contributed by atoms with Crippen molar-refractivity contribution in [3.63, 3.8) is 0 Å². The smallest absolute Gasteiger partial charge is 0.222 e. The van der Waals surface area contributed by atoms with E-state index in [0.29, 0.717) is 25.6 Å². The van der Waals surface area contributed by atoms with Crippen molar-refractivity contribution in [3.8, 4) is 22.9 Å². The Morgan fingerprint density at radius 1 is 1.15 bits per heavy atom. The highest BCUT2D eigenvalue weighted by Gasteiger charge is 2.25.